The van der Waals surface area contributed by atoms with Crippen molar-refractivity contribution >= 4 is 17.3 Å². The maximum Gasteiger partial charge on any atom is 0.0640 e. The number of benzene rings is 2. The van der Waals surface area contributed by atoms with Gasteiger partial charge in [-0.3, -0.25) is 0 Å². The molecular formula is C17H18ClN. The van der Waals surface area contributed by atoms with Crippen LogP contribution >= 0.6 is 11.6 Å². The highest BCUT2D eigenvalue weighted by Gasteiger charge is 2.20. The summed E-state index contributed by atoms with van der Waals surface area (Å²) in [5, 5.41) is 4.45. The van der Waals surface area contributed by atoms with E-state index in [1.54, 1.807) is 0 Å². The van der Waals surface area contributed by atoms with Gasteiger partial charge in [0, 0.05) is 0 Å². The van der Waals surface area contributed by atoms with Crippen molar-refractivity contribution in [2.24, 2.45) is 0 Å². The second-order valence-electron chi connectivity index (χ2n) is 5.22. The fraction of sp³-hybridized carbons (Fsp3) is 0.294. The van der Waals surface area contributed by atoms with Gasteiger partial charge < -0.3 is 5.32 Å². The van der Waals surface area contributed by atoms with Crippen LogP contribution in [0.25, 0.3) is 0 Å². The topological polar surface area (TPSA) is 12.0 Å². The molecule has 2 aromatic rings. The summed E-state index contributed by atoms with van der Waals surface area (Å²) in [5.41, 5.74) is 5.17. The lowest BCUT2D eigenvalue weighted by atomic mass is 9.87. The van der Waals surface area contributed by atoms with Crippen molar-refractivity contribution in [3.63, 3.8) is 0 Å². The Kier molecular flexibility index (Phi) is 3.48. The maximum atomic E-state index is 6.31. The van der Waals surface area contributed by atoms with E-state index in [0.29, 0.717) is 6.04 Å². The number of fused-ring (bicyclic) bond motifs is 1. The number of hydrogen-bond acceptors (Lipinski definition) is 1. The minimum Gasteiger partial charge on any atom is -0.377 e. The summed E-state index contributed by atoms with van der Waals surface area (Å²) >= 11 is 6.31. The van der Waals surface area contributed by atoms with Gasteiger partial charge in [-0.15, -0.1) is 0 Å². The second kappa shape index (κ2) is 5.26. The summed E-state index contributed by atoms with van der Waals surface area (Å²) in [5.74, 6) is 0. The average Bonchev–Trinajstić information content (AvgIpc) is 2.43. The molecule has 0 aliphatic heterocycles. The fourth-order valence-electron chi connectivity index (χ4n) is 2.89. The molecule has 1 atom stereocenters. The molecule has 1 nitrogen and oxygen atoms in total. The number of nitrogens with one attached hydrogen (secondary N) is 1. The van der Waals surface area contributed by atoms with E-state index in [-0.39, 0.29) is 0 Å². The summed E-state index contributed by atoms with van der Waals surface area (Å²) in [4.78, 5) is 0. The first-order valence-corrected chi connectivity index (χ1v) is 7.23. The molecule has 3 rings (SSSR count). The SMILES string of the molecule is Cc1cccc(Cl)c1NC1CCCc2ccccc21. The third kappa shape index (κ3) is 2.48. The lowest BCUT2D eigenvalue weighted by Crippen LogP contribution is -2.17. The van der Waals surface area contributed by atoms with E-state index in [4.69, 9.17) is 11.6 Å². The molecule has 98 valence electrons. The summed E-state index contributed by atoms with van der Waals surface area (Å²) in [6.45, 7) is 2.10. The molecule has 1 aliphatic carbocycles. The van der Waals surface area contributed by atoms with Crippen molar-refractivity contribution in [1.82, 2.24) is 0 Å². The number of halogens is 1. The van der Waals surface area contributed by atoms with Gasteiger partial charge in [0.1, 0.15) is 0 Å². The van der Waals surface area contributed by atoms with Gasteiger partial charge in [-0.2, -0.15) is 0 Å². The number of para-hydroxylation sites is 1. The van der Waals surface area contributed by atoms with Crippen LogP contribution in [0, 0.1) is 6.92 Å². The van der Waals surface area contributed by atoms with Crippen LogP contribution in [0.3, 0.4) is 0 Å². The second-order valence-corrected chi connectivity index (χ2v) is 5.63. The van der Waals surface area contributed by atoms with E-state index in [1.165, 1.54) is 36.0 Å². The first-order valence-electron chi connectivity index (χ1n) is 6.85. The summed E-state index contributed by atoms with van der Waals surface area (Å²) in [6.07, 6.45) is 3.59. The van der Waals surface area contributed by atoms with E-state index in [1.807, 2.05) is 12.1 Å². The third-order valence-corrected chi connectivity index (χ3v) is 4.22. The first kappa shape index (κ1) is 12.6. The summed E-state index contributed by atoms with van der Waals surface area (Å²) in [7, 11) is 0. The molecule has 1 aliphatic rings. The van der Waals surface area contributed by atoms with Gasteiger partial charge in [0.15, 0.2) is 0 Å². The number of anilines is 1. The molecule has 0 bridgehead atoms. The van der Waals surface area contributed by atoms with E-state index in [0.717, 1.165) is 10.7 Å². The van der Waals surface area contributed by atoms with Gasteiger partial charge in [-0.05, 0) is 48.9 Å². The van der Waals surface area contributed by atoms with Gasteiger partial charge in [0.05, 0.1) is 16.8 Å². The standard InChI is InChI=1S/C17H18ClN/c1-12-6-4-10-15(18)17(12)19-16-11-5-8-13-7-2-3-9-14(13)16/h2-4,6-7,9-10,16,19H,5,8,11H2,1H3. The van der Waals surface area contributed by atoms with Crippen molar-refractivity contribution < 1.29 is 0 Å². The minimum atomic E-state index is 0.378. The van der Waals surface area contributed by atoms with E-state index in [2.05, 4.69) is 42.6 Å². The van der Waals surface area contributed by atoms with Crippen LogP contribution in [0.2, 0.25) is 5.02 Å². The van der Waals surface area contributed by atoms with Crippen LogP contribution in [0.1, 0.15) is 35.6 Å². The van der Waals surface area contributed by atoms with Crippen LogP contribution in [-0.4, -0.2) is 0 Å². The molecule has 0 spiro atoms. The molecule has 0 fully saturated rings. The first-order chi connectivity index (χ1) is 9.25. The molecule has 2 heteroatoms. The third-order valence-electron chi connectivity index (χ3n) is 3.91. The maximum absolute atomic E-state index is 6.31. The molecule has 0 saturated carbocycles. The Hall–Kier alpha value is -1.47. The largest absolute Gasteiger partial charge is 0.377 e. The van der Waals surface area contributed by atoms with Crippen molar-refractivity contribution in [2.45, 2.75) is 32.2 Å². The monoisotopic (exact) mass is 271 g/mol. The van der Waals surface area contributed by atoms with E-state index >= 15 is 0 Å². The Bertz CT molecular complexity index is 571. The zero-order valence-electron chi connectivity index (χ0n) is 11.1. The zero-order chi connectivity index (χ0) is 13.2. The number of aryl methyl sites for hydroxylation is 2. The summed E-state index contributed by atoms with van der Waals surface area (Å²) < 4.78 is 0. The van der Waals surface area contributed by atoms with Gasteiger partial charge in [-0.1, -0.05) is 48.0 Å². The van der Waals surface area contributed by atoms with Crippen molar-refractivity contribution in [3.05, 3.63) is 64.2 Å². The number of rotatable bonds is 2. The lowest BCUT2D eigenvalue weighted by Gasteiger charge is -2.28. The zero-order valence-corrected chi connectivity index (χ0v) is 11.9. The average molecular weight is 272 g/mol. The quantitative estimate of drug-likeness (QED) is 0.798. The molecule has 0 radical (unpaired) electrons. The summed E-state index contributed by atoms with van der Waals surface area (Å²) in [6, 6.07) is 15.1. The van der Waals surface area contributed by atoms with Crippen molar-refractivity contribution in [3.8, 4) is 0 Å². The van der Waals surface area contributed by atoms with Crippen LogP contribution in [0.15, 0.2) is 42.5 Å². The van der Waals surface area contributed by atoms with Crippen LogP contribution in [0.4, 0.5) is 5.69 Å². The predicted molar refractivity (Wildman–Crippen MR) is 81.9 cm³/mol. The van der Waals surface area contributed by atoms with Crippen LogP contribution in [-0.2, 0) is 6.42 Å². The van der Waals surface area contributed by atoms with E-state index < -0.39 is 0 Å². The fourth-order valence-corrected chi connectivity index (χ4v) is 3.17. The highest BCUT2D eigenvalue weighted by atomic mass is 35.5. The molecular weight excluding hydrogens is 254 g/mol. The van der Waals surface area contributed by atoms with Crippen molar-refractivity contribution in [2.75, 3.05) is 5.32 Å². The molecule has 0 aromatic heterocycles. The predicted octanol–water partition coefficient (Wildman–Crippen LogP) is 5.14. The smallest absolute Gasteiger partial charge is 0.0640 e. The van der Waals surface area contributed by atoms with Crippen LogP contribution in [0.5, 0.6) is 0 Å². The molecule has 1 unspecified atom stereocenters. The van der Waals surface area contributed by atoms with Gasteiger partial charge in [-0.25, -0.2) is 0 Å². The molecule has 0 saturated heterocycles. The Morgan fingerprint density at radius 1 is 1.11 bits per heavy atom. The highest BCUT2D eigenvalue weighted by molar-refractivity contribution is 6.33. The number of hydrogen-bond donors (Lipinski definition) is 1. The van der Waals surface area contributed by atoms with Gasteiger partial charge in [0.2, 0.25) is 0 Å². The molecule has 2 aromatic carbocycles. The Morgan fingerprint density at radius 2 is 1.95 bits per heavy atom. The normalized spacial score (nSPS) is 17.9. The van der Waals surface area contributed by atoms with Crippen molar-refractivity contribution in [1.29, 1.82) is 0 Å². The molecule has 0 amide bonds. The van der Waals surface area contributed by atoms with Gasteiger partial charge >= 0.3 is 0 Å². The van der Waals surface area contributed by atoms with Crippen LogP contribution < -0.4 is 5.32 Å². The molecule has 0 heterocycles. The van der Waals surface area contributed by atoms with Gasteiger partial charge in [0.25, 0.3) is 0 Å². The lowest BCUT2D eigenvalue weighted by molar-refractivity contribution is 0.600. The Labute approximate surface area is 119 Å². The molecule has 19 heavy (non-hydrogen) atoms. The Balaban J connectivity index is 1.93. The van der Waals surface area contributed by atoms with E-state index in [9.17, 15) is 0 Å². The highest BCUT2D eigenvalue weighted by Crippen LogP contribution is 2.35. The molecule has 1 N–H and O–H groups in total. The minimum absolute atomic E-state index is 0.378. The Morgan fingerprint density at radius 3 is 2.79 bits per heavy atom.